The SMILES string of the molecule is CCN(CC)C(CC)(CC)C(N)Cc1ccccc1Cl. The first-order chi connectivity index (χ1) is 9.55. The summed E-state index contributed by atoms with van der Waals surface area (Å²) < 4.78 is 0. The summed E-state index contributed by atoms with van der Waals surface area (Å²) in [6, 6.07) is 8.12. The van der Waals surface area contributed by atoms with E-state index in [2.05, 4.69) is 38.7 Å². The lowest BCUT2D eigenvalue weighted by atomic mass is 9.80. The molecule has 0 bridgehead atoms. The summed E-state index contributed by atoms with van der Waals surface area (Å²) in [5, 5.41) is 0.823. The average molecular weight is 297 g/mol. The van der Waals surface area contributed by atoms with Crippen LogP contribution in [0.1, 0.15) is 46.1 Å². The first-order valence-electron chi connectivity index (χ1n) is 7.79. The Bertz CT molecular complexity index is 398. The van der Waals surface area contributed by atoms with Gasteiger partial charge in [-0.05, 0) is 44.0 Å². The molecule has 0 saturated carbocycles. The first kappa shape index (κ1) is 17.5. The van der Waals surface area contributed by atoms with Crippen molar-refractivity contribution in [3.8, 4) is 0 Å². The number of nitrogens with two attached hydrogens (primary N) is 1. The number of hydrogen-bond donors (Lipinski definition) is 1. The number of halogens is 1. The lowest BCUT2D eigenvalue weighted by Crippen LogP contribution is -2.60. The standard InChI is InChI=1S/C17H29ClN2/c1-5-17(6-2,20(7-3)8-4)16(19)13-14-11-9-10-12-15(14)18/h9-12,16H,5-8,13,19H2,1-4H3. The summed E-state index contributed by atoms with van der Waals surface area (Å²) in [7, 11) is 0. The molecule has 0 fully saturated rings. The lowest BCUT2D eigenvalue weighted by molar-refractivity contribution is 0.0628. The summed E-state index contributed by atoms with van der Waals surface area (Å²) >= 11 is 6.28. The van der Waals surface area contributed by atoms with Crippen LogP contribution in [0.15, 0.2) is 24.3 Å². The summed E-state index contributed by atoms with van der Waals surface area (Å²) in [5.41, 5.74) is 7.84. The van der Waals surface area contributed by atoms with E-state index in [1.165, 1.54) is 0 Å². The molecule has 0 heterocycles. The normalized spacial score (nSPS) is 13.8. The Morgan fingerprint density at radius 2 is 1.65 bits per heavy atom. The number of rotatable bonds is 8. The van der Waals surface area contributed by atoms with E-state index in [4.69, 9.17) is 17.3 Å². The van der Waals surface area contributed by atoms with Gasteiger partial charge in [0.15, 0.2) is 0 Å². The van der Waals surface area contributed by atoms with Crippen molar-refractivity contribution in [3.63, 3.8) is 0 Å². The van der Waals surface area contributed by atoms with Crippen LogP contribution < -0.4 is 5.73 Å². The second kappa shape index (κ2) is 8.02. The molecule has 0 amide bonds. The maximum absolute atomic E-state index is 6.63. The molecule has 0 spiro atoms. The van der Waals surface area contributed by atoms with Crippen LogP contribution in [0, 0.1) is 0 Å². The molecular weight excluding hydrogens is 268 g/mol. The Balaban J connectivity index is 3.00. The molecule has 0 aliphatic heterocycles. The Morgan fingerprint density at radius 3 is 2.10 bits per heavy atom. The third-order valence-corrected chi connectivity index (χ3v) is 5.07. The molecule has 0 aliphatic rings. The second-order valence-electron chi connectivity index (χ2n) is 5.38. The summed E-state index contributed by atoms with van der Waals surface area (Å²) in [5.74, 6) is 0. The maximum Gasteiger partial charge on any atom is 0.0438 e. The van der Waals surface area contributed by atoms with Crippen LogP contribution in [0.25, 0.3) is 0 Å². The zero-order valence-electron chi connectivity index (χ0n) is 13.3. The molecule has 2 N–H and O–H groups in total. The molecule has 2 nitrogen and oxygen atoms in total. The third kappa shape index (κ3) is 3.55. The van der Waals surface area contributed by atoms with Gasteiger partial charge in [-0.1, -0.05) is 57.5 Å². The van der Waals surface area contributed by atoms with Gasteiger partial charge in [-0.15, -0.1) is 0 Å². The minimum atomic E-state index is 0.0582. The molecule has 0 aromatic heterocycles. The van der Waals surface area contributed by atoms with E-state index < -0.39 is 0 Å². The van der Waals surface area contributed by atoms with Crippen molar-refractivity contribution >= 4 is 11.6 Å². The van der Waals surface area contributed by atoms with Crippen LogP contribution >= 0.6 is 11.6 Å². The van der Waals surface area contributed by atoms with E-state index in [1.54, 1.807) is 0 Å². The Morgan fingerprint density at radius 1 is 1.10 bits per heavy atom. The highest BCUT2D eigenvalue weighted by molar-refractivity contribution is 6.31. The molecule has 0 radical (unpaired) electrons. The maximum atomic E-state index is 6.63. The Hall–Kier alpha value is -0.570. The molecule has 1 aromatic carbocycles. The molecule has 0 aliphatic carbocycles. The van der Waals surface area contributed by atoms with Gasteiger partial charge in [-0.3, -0.25) is 4.90 Å². The van der Waals surface area contributed by atoms with Gasteiger partial charge in [0.05, 0.1) is 0 Å². The van der Waals surface area contributed by atoms with Gasteiger partial charge in [-0.25, -0.2) is 0 Å². The van der Waals surface area contributed by atoms with Crippen molar-refractivity contribution < 1.29 is 0 Å². The quantitative estimate of drug-likeness (QED) is 0.782. The van der Waals surface area contributed by atoms with Gasteiger partial charge in [0.25, 0.3) is 0 Å². The smallest absolute Gasteiger partial charge is 0.0438 e. The monoisotopic (exact) mass is 296 g/mol. The molecule has 3 heteroatoms. The molecule has 1 atom stereocenters. The van der Waals surface area contributed by atoms with Gasteiger partial charge >= 0.3 is 0 Å². The lowest BCUT2D eigenvalue weighted by Gasteiger charge is -2.46. The zero-order chi connectivity index (χ0) is 15.2. The fourth-order valence-electron chi connectivity index (χ4n) is 3.40. The van der Waals surface area contributed by atoms with Gasteiger partial charge in [0.2, 0.25) is 0 Å². The molecule has 20 heavy (non-hydrogen) atoms. The summed E-state index contributed by atoms with van der Waals surface area (Å²) in [6.45, 7) is 11.0. The van der Waals surface area contributed by atoms with Crippen LogP contribution in [0.2, 0.25) is 5.02 Å². The van der Waals surface area contributed by atoms with Crippen molar-refractivity contribution in [2.45, 2.75) is 58.5 Å². The third-order valence-electron chi connectivity index (χ3n) is 4.71. The largest absolute Gasteiger partial charge is 0.326 e. The van der Waals surface area contributed by atoms with Crippen LogP contribution in [0.4, 0.5) is 0 Å². The van der Waals surface area contributed by atoms with Gasteiger partial charge in [0, 0.05) is 16.6 Å². The van der Waals surface area contributed by atoms with E-state index in [9.17, 15) is 0 Å². The van der Waals surface area contributed by atoms with Crippen molar-refractivity contribution in [3.05, 3.63) is 34.9 Å². The van der Waals surface area contributed by atoms with E-state index in [0.717, 1.165) is 42.9 Å². The number of benzene rings is 1. The predicted molar refractivity (Wildman–Crippen MR) is 89.4 cm³/mol. The van der Waals surface area contributed by atoms with Crippen LogP contribution in [0.3, 0.4) is 0 Å². The fourth-order valence-corrected chi connectivity index (χ4v) is 3.61. The van der Waals surface area contributed by atoms with Crippen molar-refractivity contribution in [2.75, 3.05) is 13.1 Å². The number of nitrogens with zero attached hydrogens (tertiary/aromatic N) is 1. The average Bonchev–Trinajstić information content (AvgIpc) is 2.47. The van der Waals surface area contributed by atoms with E-state index in [0.29, 0.717) is 0 Å². The topological polar surface area (TPSA) is 29.3 Å². The highest BCUT2D eigenvalue weighted by Crippen LogP contribution is 2.30. The molecule has 1 rings (SSSR count). The van der Waals surface area contributed by atoms with Crippen LogP contribution in [0.5, 0.6) is 0 Å². The molecule has 1 aromatic rings. The second-order valence-corrected chi connectivity index (χ2v) is 5.79. The zero-order valence-corrected chi connectivity index (χ0v) is 14.1. The predicted octanol–water partition coefficient (Wildman–Crippen LogP) is 4.11. The highest BCUT2D eigenvalue weighted by atomic mass is 35.5. The minimum absolute atomic E-state index is 0.0582. The van der Waals surface area contributed by atoms with Crippen LogP contribution in [-0.4, -0.2) is 29.6 Å². The first-order valence-corrected chi connectivity index (χ1v) is 8.17. The van der Waals surface area contributed by atoms with E-state index >= 15 is 0 Å². The fraction of sp³-hybridized carbons (Fsp3) is 0.647. The van der Waals surface area contributed by atoms with Crippen molar-refractivity contribution in [1.82, 2.24) is 4.90 Å². The van der Waals surface area contributed by atoms with E-state index in [1.807, 2.05) is 18.2 Å². The number of likely N-dealkylation sites (N-methyl/N-ethyl adjacent to an activating group) is 1. The number of hydrogen-bond acceptors (Lipinski definition) is 2. The molecule has 0 saturated heterocycles. The van der Waals surface area contributed by atoms with Crippen LogP contribution in [-0.2, 0) is 6.42 Å². The Kier molecular flexibility index (Phi) is 7.01. The van der Waals surface area contributed by atoms with Gasteiger partial charge in [0.1, 0.15) is 0 Å². The summed E-state index contributed by atoms with van der Waals surface area (Å²) in [4.78, 5) is 2.51. The van der Waals surface area contributed by atoms with Crippen molar-refractivity contribution in [1.29, 1.82) is 0 Å². The molecule has 1 unspecified atom stereocenters. The Labute approximate surface area is 129 Å². The van der Waals surface area contributed by atoms with E-state index in [-0.39, 0.29) is 11.6 Å². The van der Waals surface area contributed by atoms with Crippen molar-refractivity contribution in [2.24, 2.45) is 5.73 Å². The van der Waals surface area contributed by atoms with Gasteiger partial charge < -0.3 is 5.73 Å². The van der Waals surface area contributed by atoms with Gasteiger partial charge in [-0.2, -0.15) is 0 Å². The molecule has 114 valence electrons. The summed E-state index contributed by atoms with van der Waals surface area (Å²) in [6.07, 6.45) is 2.96. The molecular formula is C17H29ClN2. The highest BCUT2D eigenvalue weighted by Gasteiger charge is 2.37. The minimum Gasteiger partial charge on any atom is -0.326 e.